The first-order valence-corrected chi connectivity index (χ1v) is 11.1. The maximum absolute atomic E-state index is 11.4. The Hall–Kier alpha value is -1.64. The summed E-state index contributed by atoms with van der Waals surface area (Å²) in [5.41, 5.74) is 0. The number of ether oxygens (including phenoxy) is 1. The summed E-state index contributed by atoms with van der Waals surface area (Å²) >= 11 is 0. The van der Waals surface area contributed by atoms with Crippen LogP contribution in [-0.2, 0) is 11.3 Å². The Morgan fingerprint density at radius 1 is 0.889 bits per heavy atom. The molecule has 0 radical (unpaired) electrons. The summed E-state index contributed by atoms with van der Waals surface area (Å²) in [5.74, 6) is 0.188. The summed E-state index contributed by atoms with van der Waals surface area (Å²) < 4.78 is 7.27. The Balaban J connectivity index is 1.97. The third kappa shape index (κ3) is 12.4. The van der Waals surface area contributed by atoms with E-state index in [1.165, 1.54) is 89.5 Å². The maximum Gasteiger partial charge on any atom is 0.375 e. The summed E-state index contributed by atoms with van der Waals surface area (Å²) in [7, 11) is 0. The van der Waals surface area contributed by atoms with E-state index in [1.54, 1.807) is 0 Å². The minimum atomic E-state index is -0.407. The maximum atomic E-state index is 11.4. The lowest BCUT2D eigenvalue weighted by Crippen LogP contribution is -2.36. The lowest BCUT2D eigenvalue weighted by molar-refractivity contribution is -0.700. The van der Waals surface area contributed by atoms with Crippen molar-refractivity contribution < 1.29 is 14.1 Å². The molecule has 0 aromatic carbocycles. The van der Waals surface area contributed by atoms with E-state index in [1.807, 2.05) is 29.0 Å². The van der Waals surface area contributed by atoms with Crippen molar-refractivity contribution in [2.75, 3.05) is 0 Å². The molecule has 3 heteroatoms. The van der Waals surface area contributed by atoms with Gasteiger partial charge in [-0.25, -0.2) is 4.79 Å². The first-order valence-electron chi connectivity index (χ1n) is 11.1. The zero-order valence-electron chi connectivity index (χ0n) is 17.5. The zero-order valence-corrected chi connectivity index (χ0v) is 17.5. The number of rotatable bonds is 17. The normalized spacial score (nSPS) is 10.7. The molecule has 0 atom stereocenters. The fraction of sp³-hybridized carbons (Fsp3) is 0.667. The molecule has 0 saturated carbocycles. The molecule has 0 aliphatic heterocycles. The van der Waals surface area contributed by atoms with Crippen LogP contribution in [0.15, 0.2) is 37.1 Å². The minimum Gasteiger partial charge on any atom is -0.367 e. The molecular formula is C24H40NO2+. The molecule has 0 fully saturated rings. The molecule has 152 valence electrons. The Bertz CT molecular complexity index is 513. The molecular weight excluding hydrogens is 334 g/mol. The van der Waals surface area contributed by atoms with E-state index in [0.717, 1.165) is 13.0 Å². The average Bonchev–Trinajstić information content (AvgIpc) is 2.69. The number of carbonyl (C=O) groups excluding carboxylic acids is 1. The van der Waals surface area contributed by atoms with Gasteiger partial charge in [0.25, 0.3) is 0 Å². The van der Waals surface area contributed by atoms with Crippen molar-refractivity contribution in [3.8, 4) is 5.88 Å². The second-order valence-electron chi connectivity index (χ2n) is 7.45. The van der Waals surface area contributed by atoms with Crippen LogP contribution in [0.2, 0.25) is 0 Å². The highest BCUT2D eigenvalue weighted by Gasteiger charge is 2.12. The number of hydrogen-bond donors (Lipinski definition) is 0. The van der Waals surface area contributed by atoms with Gasteiger partial charge < -0.3 is 4.74 Å². The molecule has 0 saturated heterocycles. The van der Waals surface area contributed by atoms with E-state index in [0.29, 0.717) is 5.88 Å². The second kappa shape index (κ2) is 16.5. The molecule has 0 amide bonds. The number of nitrogens with zero attached hydrogens (tertiary/aromatic N) is 1. The molecule has 1 heterocycles. The summed E-state index contributed by atoms with van der Waals surface area (Å²) in [6.07, 6.45) is 22.2. The number of hydrogen-bond acceptors (Lipinski definition) is 2. The van der Waals surface area contributed by atoms with Gasteiger partial charge in [0.05, 0.1) is 6.07 Å². The van der Waals surface area contributed by atoms with Crippen LogP contribution in [0.4, 0.5) is 0 Å². The fourth-order valence-corrected chi connectivity index (χ4v) is 3.36. The number of carbonyl (C=O) groups is 1. The van der Waals surface area contributed by atoms with Gasteiger partial charge in [-0.1, -0.05) is 90.6 Å². The summed E-state index contributed by atoms with van der Waals surface area (Å²) in [5, 5.41) is 0. The standard InChI is InChI=1S/C24H40NO2/c1-3-5-6-7-8-9-10-11-12-13-14-15-16-18-21-25-22-19-17-20-23(25)27-24(26)4-2/h4,17,19-20,22H,2-3,5-16,18,21H2,1H3/q+1. The van der Waals surface area contributed by atoms with Gasteiger partial charge in [0.1, 0.15) is 0 Å². The molecule has 0 bridgehead atoms. The quantitative estimate of drug-likeness (QED) is 0.134. The predicted octanol–water partition coefficient (Wildman–Crippen LogP) is 6.55. The number of pyridine rings is 1. The Morgan fingerprint density at radius 3 is 1.93 bits per heavy atom. The Kier molecular flexibility index (Phi) is 14.3. The van der Waals surface area contributed by atoms with Crippen molar-refractivity contribution in [1.82, 2.24) is 0 Å². The van der Waals surface area contributed by atoms with Gasteiger partial charge >= 0.3 is 11.8 Å². The molecule has 1 rings (SSSR count). The molecule has 0 unspecified atom stereocenters. The van der Waals surface area contributed by atoms with Crippen molar-refractivity contribution in [3.63, 3.8) is 0 Å². The molecule has 0 aliphatic carbocycles. The highest BCUT2D eigenvalue weighted by atomic mass is 16.5. The lowest BCUT2D eigenvalue weighted by atomic mass is 10.0. The molecule has 1 aromatic rings. The number of aromatic nitrogens is 1. The van der Waals surface area contributed by atoms with E-state index in [-0.39, 0.29) is 0 Å². The smallest absolute Gasteiger partial charge is 0.367 e. The van der Waals surface area contributed by atoms with Gasteiger partial charge in [-0.05, 0) is 12.5 Å². The minimum absolute atomic E-state index is 0.407. The molecule has 3 nitrogen and oxygen atoms in total. The van der Waals surface area contributed by atoms with Crippen LogP contribution in [0.3, 0.4) is 0 Å². The van der Waals surface area contributed by atoms with Crippen molar-refractivity contribution in [2.45, 2.75) is 103 Å². The molecule has 27 heavy (non-hydrogen) atoms. The van der Waals surface area contributed by atoms with Gasteiger partial charge in [-0.3, -0.25) is 0 Å². The van der Waals surface area contributed by atoms with Gasteiger partial charge in [0.2, 0.25) is 0 Å². The van der Waals surface area contributed by atoms with E-state index in [4.69, 9.17) is 4.74 Å². The highest BCUT2D eigenvalue weighted by molar-refractivity contribution is 5.82. The lowest BCUT2D eigenvalue weighted by Gasteiger charge is -2.04. The van der Waals surface area contributed by atoms with Crippen LogP contribution < -0.4 is 9.30 Å². The van der Waals surface area contributed by atoms with Gasteiger partial charge in [0, 0.05) is 18.6 Å². The van der Waals surface area contributed by atoms with Gasteiger partial charge in [0.15, 0.2) is 12.7 Å². The predicted molar refractivity (Wildman–Crippen MR) is 113 cm³/mol. The van der Waals surface area contributed by atoms with Crippen LogP contribution in [0, 0.1) is 0 Å². The van der Waals surface area contributed by atoms with Gasteiger partial charge in [-0.2, -0.15) is 4.57 Å². The molecule has 1 aromatic heterocycles. The van der Waals surface area contributed by atoms with Crippen molar-refractivity contribution in [2.24, 2.45) is 0 Å². The van der Waals surface area contributed by atoms with E-state index in [9.17, 15) is 4.79 Å². The largest absolute Gasteiger partial charge is 0.375 e. The van der Waals surface area contributed by atoms with E-state index in [2.05, 4.69) is 13.5 Å². The number of unbranched alkanes of at least 4 members (excludes halogenated alkanes) is 13. The average molecular weight is 375 g/mol. The first kappa shape index (κ1) is 23.4. The van der Waals surface area contributed by atoms with Crippen LogP contribution in [0.1, 0.15) is 96.8 Å². The second-order valence-corrected chi connectivity index (χ2v) is 7.45. The molecule has 0 N–H and O–H groups in total. The van der Waals surface area contributed by atoms with E-state index < -0.39 is 5.97 Å². The van der Waals surface area contributed by atoms with Crippen molar-refractivity contribution in [1.29, 1.82) is 0 Å². The fourth-order valence-electron chi connectivity index (χ4n) is 3.36. The highest BCUT2D eigenvalue weighted by Crippen LogP contribution is 2.13. The first-order chi connectivity index (χ1) is 13.3. The Morgan fingerprint density at radius 2 is 1.41 bits per heavy atom. The topological polar surface area (TPSA) is 30.2 Å². The molecule has 0 spiro atoms. The van der Waals surface area contributed by atoms with Crippen LogP contribution in [-0.4, -0.2) is 5.97 Å². The third-order valence-corrected chi connectivity index (χ3v) is 5.02. The SMILES string of the molecule is C=CC(=O)Oc1cccc[n+]1CCCCCCCCCCCCCCCC. The monoisotopic (exact) mass is 374 g/mol. The zero-order chi connectivity index (χ0) is 19.6. The van der Waals surface area contributed by atoms with Crippen LogP contribution in [0.5, 0.6) is 5.88 Å². The Labute approximate surface area is 166 Å². The summed E-state index contributed by atoms with van der Waals surface area (Å²) in [6, 6.07) is 5.67. The van der Waals surface area contributed by atoms with Crippen molar-refractivity contribution >= 4 is 5.97 Å². The van der Waals surface area contributed by atoms with Crippen molar-refractivity contribution in [3.05, 3.63) is 37.1 Å². The third-order valence-electron chi connectivity index (χ3n) is 5.02. The molecule has 0 aliphatic rings. The van der Waals surface area contributed by atoms with Gasteiger partial charge in [-0.15, -0.1) is 0 Å². The summed E-state index contributed by atoms with van der Waals surface area (Å²) in [6.45, 7) is 6.61. The van der Waals surface area contributed by atoms with Crippen LogP contribution >= 0.6 is 0 Å². The number of aryl methyl sites for hydroxylation is 1. The van der Waals surface area contributed by atoms with Crippen LogP contribution in [0.25, 0.3) is 0 Å². The summed E-state index contributed by atoms with van der Waals surface area (Å²) in [4.78, 5) is 11.4. The van der Waals surface area contributed by atoms with E-state index >= 15 is 0 Å². The number of esters is 1.